The van der Waals surface area contributed by atoms with Crippen LogP contribution in [-0.4, -0.2) is 22.6 Å². The summed E-state index contributed by atoms with van der Waals surface area (Å²) in [6.45, 7) is 5.34. The predicted molar refractivity (Wildman–Crippen MR) is 139 cm³/mol. The Morgan fingerprint density at radius 2 is 0.821 bits per heavy atom. The largest absolute Gasteiger partial charge is 0.507 e. The van der Waals surface area contributed by atoms with Crippen molar-refractivity contribution in [2.75, 3.05) is 0 Å². The number of aromatic hydroxyl groups is 2. The first-order valence-corrected chi connectivity index (χ1v) is 12.1. The summed E-state index contributed by atoms with van der Waals surface area (Å²) in [4.78, 5) is 0. The average molecular weight is 545 g/mol. The molecule has 0 bridgehead atoms. The van der Waals surface area contributed by atoms with Crippen LogP contribution in [0.15, 0.2) is 72.8 Å². The maximum Gasteiger partial charge on any atom is 0.411 e. The van der Waals surface area contributed by atoms with Gasteiger partial charge in [-0.2, -0.15) is 26.3 Å². The third kappa shape index (κ3) is 4.32. The summed E-state index contributed by atoms with van der Waals surface area (Å²) in [5.74, 6) is -2.29. The zero-order valence-corrected chi connectivity index (χ0v) is 21.6. The number of aryl methyl sites for hydroxylation is 2. The van der Waals surface area contributed by atoms with Crippen LogP contribution in [0.3, 0.4) is 0 Å². The van der Waals surface area contributed by atoms with E-state index in [0.717, 1.165) is 12.1 Å². The van der Waals surface area contributed by atoms with Gasteiger partial charge < -0.3 is 10.2 Å². The molecule has 0 aliphatic rings. The molecular formula is C31H26F6O2. The first-order chi connectivity index (χ1) is 18.1. The molecule has 0 aliphatic heterocycles. The highest BCUT2D eigenvalue weighted by molar-refractivity contribution is 5.78. The Bertz CT molecular complexity index is 1400. The minimum atomic E-state index is -5.99. The summed E-state index contributed by atoms with van der Waals surface area (Å²) in [6, 6.07) is 18.2. The van der Waals surface area contributed by atoms with Crippen LogP contribution in [0.2, 0.25) is 0 Å². The van der Waals surface area contributed by atoms with Crippen molar-refractivity contribution in [1.29, 1.82) is 0 Å². The summed E-state index contributed by atoms with van der Waals surface area (Å²) in [5.41, 5.74) is -5.85. The molecule has 0 heterocycles. The Hall–Kier alpha value is -3.94. The van der Waals surface area contributed by atoms with Gasteiger partial charge in [0, 0.05) is 11.1 Å². The van der Waals surface area contributed by atoms with E-state index in [4.69, 9.17) is 0 Å². The van der Waals surface area contributed by atoms with E-state index in [1.54, 1.807) is 60.7 Å². The van der Waals surface area contributed by atoms with Crippen molar-refractivity contribution in [3.05, 3.63) is 106 Å². The second kappa shape index (κ2) is 9.67. The van der Waals surface area contributed by atoms with Crippen LogP contribution in [0.1, 0.15) is 33.4 Å². The molecule has 204 valence electrons. The lowest BCUT2D eigenvalue weighted by molar-refractivity contribution is -0.289. The van der Waals surface area contributed by atoms with Gasteiger partial charge in [-0.1, -0.05) is 72.8 Å². The van der Waals surface area contributed by atoms with Crippen LogP contribution in [0.5, 0.6) is 11.5 Å². The van der Waals surface area contributed by atoms with Gasteiger partial charge in [-0.25, -0.2) is 0 Å². The molecular weight excluding hydrogens is 518 g/mol. The Morgan fingerprint density at radius 1 is 0.513 bits per heavy atom. The number of alkyl halides is 6. The molecule has 8 heteroatoms. The quantitative estimate of drug-likeness (QED) is 0.252. The van der Waals surface area contributed by atoms with Crippen LogP contribution in [0, 0.1) is 27.7 Å². The van der Waals surface area contributed by atoms with Crippen molar-refractivity contribution >= 4 is 0 Å². The molecule has 2 nitrogen and oxygen atoms in total. The van der Waals surface area contributed by atoms with Crippen LogP contribution in [0.25, 0.3) is 22.3 Å². The standard InChI is InChI=1S/C31H26F6O2/c1-17-15-23(27(38)19(3)25(17)21-11-7-5-8-12-21)29(30(32,33)34,31(35,36)37)24-16-18(2)26(20(4)28(24)39)22-13-9-6-10-14-22/h5-16,38-39H,1-4H3. The molecule has 2 N–H and O–H groups in total. The van der Waals surface area contributed by atoms with Crippen molar-refractivity contribution < 1.29 is 36.6 Å². The van der Waals surface area contributed by atoms with Gasteiger partial charge in [-0.15, -0.1) is 0 Å². The van der Waals surface area contributed by atoms with Gasteiger partial charge in [0.25, 0.3) is 0 Å². The van der Waals surface area contributed by atoms with Crippen molar-refractivity contribution in [2.24, 2.45) is 0 Å². The molecule has 0 saturated carbocycles. The van der Waals surface area contributed by atoms with E-state index < -0.39 is 40.4 Å². The lowest BCUT2D eigenvalue weighted by Crippen LogP contribution is -2.55. The van der Waals surface area contributed by atoms with Gasteiger partial charge in [0.2, 0.25) is 5.41 Å². The number of halogens is 6. The Balaban J connectivity index is 2.15. The molecule has 0 aromatic heterocycles. The first kappa shape index (κ1) is 28.1. The van der Waals surface area contributed by atoms with Gasteiger partial charge in [-0.3, -0.25) is 0 Å². The highest BCUT2D eigenvalue weighted by atomic mass is 19.4. The molecule has 0 spiro atoms. The van der Waals surface area contributed by atoms with Gasteiger partial charge in [0.1, 0.15) is 11.5 Å². The lowest BCUT2D eigenvalue weighted by atomic mass is 9.69. The maximum absolute atomic E-state index is 15.0. The highest BCUT2D eigenvalue weighted by Gasteiger charge is 2.74. The molecule has 4 aromatic rings. The minimum Gasteiger partial charge on any atom is -0.507 e. The zero-order chi connectivity index (χ0) is 28.9. The van der Waals surface area contributed by atoms with E-state index in [2.05, 4.69) is 0 Å². The number of rotatable bonds is 4. The molecule has 4 rings (SSSR count). The van der Waals surface area contributed by atoms with E-state index in [1.807, 2.05) is 0 Å². The molecule has 4 aromatic carbocycles. The van der Waals surface area contributed by atoms with Crippen LogP contribution < -0.4 is 0 Å². The van der Waals surface area contributed by atoms with Gasteiger partial charge in [0.05, 0.1) is 0 Å². The Labute approximate surface area is 222 Å². The maximum atomic E-state index is 15.0. The van der Waals surface area contributed by atoms with Crippen LogP contribution in [0.4, 0.5) is 26.3 Å². The fourth-order valence-electron chi connectivity index (χ4n) is 5.53. The number of hydrogen-bond acceptors (Lipinski definition) is 2. The Kier molecular flexibility index (Phi) is 6.96. The Morgan fingerprint density at radius 3 is 1.10 bits per heavy atom. The number of phenolic OH excluding ortho intramolecular Hbond substituents is 2. The number of phenols is 2. The second-order valence-electron chi connectivity index (χ2n) is 9.66. The van der Waals surface area contributed by atoms with Gasteiger partial charge >= 0.3 is 12.4 Å². The third-order valence-electron chi connectivity index (χ3n) is 7.26. The average Bonchev–Trinajstić information content (AvgIpc) is 2.85. The molecule has 0 saturated heterocycles. The van der Waals surface area contributed by atoms with E-state index in [9.17, 15) is 10.2 Å². The van der Waals surface area contributed by atoms with E-state index in [1.165, 1.54) is 27.7 Å². The first-order valence-electron chi connectivity index (χ1n) is 12.1. The number of hydrogen-bond donors (Lipinski definition) is 2. The molecule has 0 unspecified atom stereocenters. The molecule has 0 fully saturated rings. The highest BCUT2D eigenvalue weighted by Crippen LogP contribution is 2.61. The molecule has 0 atom stereocenters. The topological polar surface area (TPSA) is 40.5 Å². The minimum absolute atomic E-state index is 0.109. The smallest absolute Gasteiger partial charge is 0.411 e. The zero-order valence-electron chi connectivity index (χ0n) is 21.6. The summed E-state index contributed by atoms with van der Waals surface area (Å²) >= 11 is 0. The van der Waals surface area contributed by atoms with E-state index in [-0.39, 0.29) is 22.3 Å². The second-order valence-corrected chi connectivity index (χ2v) is 9.66. The van der Waals surface area contributed by atoms with E-state index >= 15 is 26.3 Å². The molecule has 0 aliphatic carbocycles. The van der Waals surface area contributed by atoms with Crippen LogP contribution >= 0.6 is 0 Å². The van der Waals surface area contributed by atoms with Gasteiger partial charge in [-0.05, 0) is 72.2 Å². The monoisotopic (exact) mass is 544 g/mol. The fourth-order valence-corrected chi connectivity index (χ4v) is 5.53. The SMILES string of the molecule is Cc1cc(C(c2cc(C)c(-c3ccccc3)c(C)c2O)(C(F)(F)F)C(F)(F)F)c(O)c(C)c1-c1ccccc1. The molecule has 0 amide bonds. The summed E-state index contributed by atoms with van der Waals surface area (Å²) in [6.07, 6.45) is -12.0. The van der Waals surface area contributed by atoms with Crippen molar-refractivity contribution in [3.8, 4) is 33.8 Å². The lowest BCUT2D eigenvalue weighted by Gasteiger charge is -2.40. The molecule has 0 radical (unpaired) electrons. The summed E-state index contributed by atoms with van der Waals surface area (Å²) in [7, 11) is 0. The fraction of sp³-hybridized carbons (Fsp3) is 0.226. The van der Waals surface area contributed by atoms with Crippen molar-refractivity contribution in [3.63, 3.8) is 0 Å². The third-order valence-corrected chi connectivity index (χ3v) is 7.26. The van der Waals surface area contributed by atoms with Crippen LogP contribution in [-0.2, 0) is 5.41 Å². The summed E-state index contributed by atoms with van der Waals surface area (Å²) in [5, 5.41) is 22.1. The predicted octanol–water partition coefficient (Wildman–Crippen LogP) is 9.08. The molecule has 39 heavy (non-hydrogen) atoms. The number of benzene rings is 4. The van der Waals surface area contributed by atoms with Crippen molar-refractivity contribution in [2.45, 2.75) is 45.5 Å². The van der Waals surface area contributed by atoms with Crippen molar-refractivity contribution in [1.82, 2.24) is 0 Å². The normalized spacial score (nSPS) is 12.6. The van der Waals surface area contributed by atoms with Gasteiger partial charge in [0.15, 0.2) is 0 Å². The van der Waals surface area contributed by atoms with E-state index in [0.29, 0.717) is 22.3 Å². The summed E-state index contributed by atoms with van der Waals surface area (Å²) < 4.78 is 90.2.